The summed E-state index contributed by atoms with van der Waals surface area (Å²) < 4.78 is 0.871. The Kier molecular flexibility index (Phi) is 5.85. The highest BCUT2D eigenvalue weighted by atomic mass is 16.5. The Morgan fingerprint density at radius 1 is 1.09 bits per heavy atom. The number of benzene rings is 2. The third kappa shape index (κ3) is 3.90. The maximum Gasteiger partial charge on any atom is 0.405 e. The van der Waals surface area contributed by atoms with Crippen molar-refractivity contribution in [3.63, 3.8) is 0 Å². The molecule has 0 unspecified atom stereocenters. The Hall–Kier alpha value is -4.20. The van der Waals surface area contributed by atoms with Crippen LogP contribution in [-0.2, 0) is 19.4 Å². The molecule has 0 spiro atoms. The second-order valence-electron chi connectivity index (χ2n) is 7.32. The lowest BCUT2D eigenvalue weighted by molar-refractivity contribution is -0.703. The molecule has 0 bridgehead atoms. The Balaban J connectivity index is 1.89. The summed E-state index contributed by atoms with van der Waals surface area (Å²) in [6.07, 6.45) is 3.96. The fourth-order valence-corrected chi connectivity index (χ4v) is 3.82. The molecule has 8 heteroatoms. The van der Waals surface area contributed by atoms with Crippen molar-refractivity contribution in [1.82, 2.24) is 9.67 Å². The van der Waals surface area contributed by atoms with E-state index in [4.69, 9.17) is 0 Å². The van der Waals surface area contributed by atoms with Crippen LogP contribution in [0.15, 0.2) is 71.8 Å². The number of carbonyl (C=O) groups is 1. The van der Waals surface area contributed by atoms with Crippen LogP contribution in [0.4, 0.5) is 11.4 Å². The van der Waals surface area contributed by atoms with Gasteiger partial charge in [-0.3, -0.25) is 9.78 Å². The van der Waals surface area contributed by atoms with Gasteiger partial charge in [0, 0.05) is 17.0 Å². The summed E-state index contributed by atoms with van der Waals surface area (Å²) in [7, 11) is 0. The van der Waals surface area contributed by atoms with E-state index in [1.807, 2.05) is 54.6 Å². The minimum absolute atomic E-state index is 0.0318. The van der Waals surface area contributed by atoms with Gasteiger partial charge in [0.15, 0.2) is 0 Å². The summed E-state index contributed by atoms with van der Waals surface area (Å²) in [6, 6.07) is 17.0. The summed E-state index contributed by atoms with van der Waals surface area (Å²) in [4.78, 5) is 29.7. The molecular weight excluding hydrogens is 408 g/mol. The number of fused-ring (bicyclic) bond motifs is 1. The molecule has 2 aromatic heterocycles. The predicted octanol–water partition coefficient (Wildman–Crippen LogP) is 3.28. The first-order chi connectivity index (χ1) is 15.5. The summed E-state index contributed by atoms with van der Waals surface area (Å²) >= 11 is 0. The van der Waals surface area contributed by atoms with Crippen LogP contribution in [0.2, 0.25) is 0 Å². The standard InChI is InChI=1S/C24H22N4O4/c1-2-27-23(29)21(26-20-15-25-14-17-10-6-7-11-18(17)20)19(22(24(30)31)28(27)32)13-12-16-8-4-3-5-9-16/h3-11,14-15,26H,2,12-13H2,1H3,(H,30,31). The zero-order valence-electron chi connectivity index (χ0n) is 17.5. The van der Waals surface area contributed by atoms with Crippen molar-refractivity contribution >= 4 is 28.1 Å². The average Bonchev–Trinajstić information content (AvgIpc) is 2.80. The lowest BCUT2D eigenvalue weighted by atomic mass is 10.0. The fraction of sp³-hybridized carbons (Fsp3) is 0.167. The number of hydrogen-bond acceptors (Lipinski definition) is 5. The molecule has 32 heavy (non-hydrogen) atoms. The normalized spacial score (nSPS) is 10.9. The number of nitrogens with zero attached hydrogens (tertiary/aromatic N) is 3. The van der Waals surface area contributed by atoms with Crippen molar-refractivity contribution in [1.29, 1.82) is 0 Å². The molecule has 2 heterocycles. The molecule has 0 atom stereocenters. The molecule has 0 aliphatic rings. The molecule has 0 radical (unpaired) electrons. The Bertz CT molecular complexity index is 1340. The maximum absolute atomic E-state index is 13.2. The van der Waals surface area contributed by atoms with Crippen LogP contribution in [0.5, 0.6) is 0 Å². The Labute approximate surface area is 184 Å². The minimum atomic E-state index is -1.38. The zero-order valence-corrected chi connectivity index (χ0v) is 17.5. The van der Waals surface area contributed by atoms with Crippen molar-refractivity contribution in [2.24, 2.45) is 0 Å². The van der Waals surface area contributed by atoms with E-state index < -0.39 is 17.2 Å². The van der Waals surface area contributed by atoms with Gasteiger partial charge in [-0.2, -0.15) is 0 Å². The number of rotatable bonds is 7. The second-order valence-corrected chi connectivity index (χ2v) is 7.32. The summed E-state index contributed by atoms with van der Waals surface area (Å²) in [6.45, 7) is 1.65. The summed E-state index contributed by atoms with van der Waals surface area (Å²) in [5, 5.41) is 27.4. The number of anilines is 2. The van der Waals surface area contributed by atoms with Gasteiger partial charge in [0.25, 0.3) is 0 Å². The Morgan fingerprint density at radius 3 is 2.53 bits per heavy atom. The van der Waals surface area contributed by atoms with Crippen LogP contribution < -0.4 is 15.7 Å². The van der Waals surface area contributed by atoms with E-state index in [1.54, 1.807) is 19.3 Å². The van der Waals surface area contributed by atoms with Gasteiger partial charge in [-0.1, -0.05) is 64.1 Å². The maximum atomic E-state index is 13.2. The smallest absolute Gasteiger partial charge is 0.405 e. The lowest BCUT2D eigenvalue weighted by Crippen LogP contribution is -2.53. The quantitative estimate of drug-likeness (QED) is 0.344. The first-order valence-electron chi connectivity index (χ1n) is 10.3. The topological polar surface area (TPSA) is 111 Å². The lowest BCUT2D eigenvalue weighted by Gasteiger charge is -2.17. The van der Waals surface area contributed by atoms with Crippen molar-refractivity contribution in [3.8, 4) is 0 Å². The van der Waals surface area contributed by atoms with E-state index in [-0.39, 0.29) is 29.1 Å². The number of aromatic carboxylic acids is 1. The number of aromatic nitrogens is 3. The van der Waals surface area contributed by atoms with E-state index in [1.165, 1.54) is 0 Å². The molecule has 162 valence electrons. The minimum Gasteiger partial charge on any atom is -0.595 e. The predicted molar refractivity (Wildman–Crippen MR) is 121 cm³/mol. The summed E-state index contributed by atoms with van der Waals surface area (Å²) in [5.41, 5.74) is 0.730. The largest absolute Gasteiger partial charge is 0.595 e. The molecule has 4 rings (SSSR count). The van der Waals surface area contributed by atoms with Crippen molar-refractivity contribution in [2.75, 3.05) is 5.32 Å². The molecule has 0 saturated carbocycles. The van der Waals surface area contributed by atoms with Crippen molar-refractivity contribution < 1.29 is 14.7 Å². The highest BCUT2D eigenvalue weighted by Gasteiger charge is 2.30. The van der Waals surface area contributed by atoms with Crippen LogP contribution >= 0.6 is 0 Å². The van der Waals surface area contributed by atoms with E-state index in [0.717, 1.165) is 21.0 Å². The average molecular weight is 430 g/mol. The molecule has 0 aliphatic carbocycles. The third-order valence-corrected chi connectivity index (χ3v) is 5.38. The van der Waals surface area contributed by atoms with E-state index in [0.29, 0.717) is 12.1 Å². The number of carboxylic acid groups (broad SMARTS) is 1. The van der Waals surface area contributed by atoms with E-state index in [2.05, 4.69) is 10.3 Å². The first kappa shape index (κ1) is 21.0. The number of nitrogens with one attached hydrogen (secondary N) is 1. The number of aryl methyl sites for hydroxylation is 1. The second kappa shape index (κ2) is 8.89. The molecule has 0 fully saturated rings. The number of carboxylic acids is 1. The van der Waals surface area contributed by atoms with Crippen LogP contribution in [0.25, 0.3) is 10.8 Å². The van der Waals surface area contributed by atoms with Gasteiger partial charge in [-0.25, -0.2) is 4.79 Å². The summed E-state index contributed by atoms with van der Waals surface area (Å²) in [5.74, 6) is -1.38. The van der Waals surface area contributed by atoms with Crippen LogP contribution in [0.3, 0.4) is 0 Å². The Morgan fingerprint density at radius 2 is 1.81 bits per heavy atom. The van der Waals surface area contributed by atoms with E-state index in [9.17, 15) is 19.9 Å². The SMILES string of the molecule is CCn1c(=O)c(Nc2cncc3ccccc23)c(CCc2ccccc2)c(C(=O)O)[n+]1[O-]. The van der Waals surface area contributed by atoms with Crippen molar-refractivity contribution in [3.05, 3.63) is 99.4 Å². The molecule has 0 saturated heterocycles. The highest BCUT2D eigenvalue weighted by molar-refractivity contribution is 5.95. The number of pyridine rings is 1. The zero-order chi connectivity index (χ0) is 22.7. The van der Waals surface area contributed by atoms with Crippen LogP contribution in [0, 0.1) is 5.21 Å². The molecular formula is C24H22N4O4. The monoisotopic (exact) mass is 430 g/mol. The van der Waals surface area contributed by atoms with Gasteiger partial charge in [0.2, 0.25) is 0 Å². The molecule has 4 aromatic rings. The number of hydrogen-bond donors (Lipinski definition) is 2. The van der Waals surface area contributed by atoms with Gasteiger partial charge in [0.05, 0.1) is 24.0 Å². The van der Waals surface area contributed by atoms with Crippen LogP contribution in [-0.4, -0.2) is 20.7 Å². The van der Waals surface area contributed by atoms with E-state index >= 15 is 0 Å². The molecule has 2 N–H and O–H groups in total. The third-order valence-electron chi connectivity index (χ3n) is 5.38. The van der Waals surface area contributed by atoms with Gasteiger partial charge >= 0.3 is 17.2 Å². The molecule has 2 aromatic carbocycles. The fourth-order valence-electron chi connectivity index (χ4n) is 3.82. The van der Waals surface area contributed by atoms with Crippen LogP contribution in [0.1, 0.15) is 28.5 Å². The molecule has 0 aliphatic heterocycles. The van der Waals surface area contributed by atoms with Gasteiger partial charge in [0.1, 0.15) is 5.69 Å². The highest BCUT2D eigenvalue weighted by Crippen LogP contribution is 2.27. The first-order valence-corrected chi connectivity index (χ1v) is 10.3. The van der Waals surface area contributed by atoms with Gasteiger partial charge < -0.3 is 15.6 Å². The molecule has 0 amide bonds. The van der Waals surface area contributed by atoms with Crippen molar-refractivity contribution in [2.45, 2.75) is 26.3 Å². The molecule has 8 nitrogen and oxygen atoms in total. The van der Waals surface area contributed by atoms with Gasteiger partial charge in [-0.05, 0) is 25.3 Å². The van der Waals surface area contributed by atoms with Gasteiger partial charge in [-0.15, -0.1) is 0 Å².